The zero-order valence-corrected chi connectivity index (χ0v) is 10.8. The molecule has 4 heteroatoms. The fourth-order valence-corrected chi connectivity index (χ4v) is 2.59. The van der Waals surface area contributed by atoms with Gasteiger partial charge in [-0.05, 0) is 25.7 Å². The van der Waals surface area contributed by atoms with Crippen LogP contribution in [-0.2, 0) is 6.54 Å². The third-order valence-electron chi connectivity index (χ3n) is 3.88. The number of nitrogens with zero attached hydrogens (tertiary/aromatic N) is 3. The van der Waals surface area contributed by atoms with Crippen LogP contribution in [0, 0.1) is 12.8 Å². The lowest BCUT2D eigenvalue weighted by Gasteiger charge is -2.35. The summed E-state index contributed by atoms with van der Waals surface area (Å²) in [7, 11) is 0. The molecule has 96 valence electrons. The van der Waals surface area contributed by atoms with Gasteiger partial charge >= 0.3 is 0 Å². The molecule has 2 rings (SSSR count). The Morgan fingerprint density at radius 1 is 1.47 bits per heavy atom. The van der Waals surface area contributed by atoms with Crippen LogP contribution in [0.4, 0.5) is 0 Å². The number of aromatic nitrogens is 2. The maximum atomic E-state index is 9.84. The van der Waals surface area contributed by atoms with Crippen molar-refractivity contribution >= 4 is 0 Å². The monoisotopic (exact) mass is 237 g/mol. The smallest absolute Gasteiger partial charge is 0.105 e. The van der Waals surface area contributed by atoms with E-state index in [1.54, 1.807) is 0 Å². The molecule has 2 heterocycles. The number of imidazole rings is 1. The standard InChI is InChI=1S/C13H23N3O/c1-3-12-10-15(6-4-13(12)17)8-9-16-7-5-14-11(16)2/h5,7,12-13,17H,3-4,6,8-10H2,1-2H3. The number of aliphatic hydroxyl groups excluding tert-OH is 1. The van der Waals surface area contributed by atoms with E-state index in [0.717, 1.165) is 44.8 Å². The van der Waals surface area contributed by atoms with E-state index >= 15 is 0 Å². The second kappa shape index (κ2) is 5.65. The molecule has 1 saturated heterocycles. The van der Waals surface area contributed by atoms with Gasteiger partial charge in [0.2, 0.25) is 0 Å². The van der Waals surface area contributed by atoms with Crippen molar-refractivity contribution in [2.24, 2.45) is 5.92 Å². The average Bonchev–Trinajstić information content (AvgIpc) is 2.74. The predicted molar refractivity (Wildman–Crippen MR) is 67.8 cm³/mol. The Morgan fingerprint density at radius 3 is 2.94 bits per heavy atom. The summed E-state index contributed by atoms with van der Waals surface area (Å²) < 4.78 is 2.19. The molecular formula is C13H23N3O. The first kappa shape index (κ1) is 12.6. The first-order chi connectivity index (χ1) is 8.20. The summed E-state index contributed by atoms with van der Waals surface area (Å²) in [5.41, 5.74) is 0. The van der Waals surface area contributed by atoms with Crippen LogP contribution in [0.15, 0.2) is 12.4 Å². The highest BCUT2D eigenvalue weighted by molar-refractivity contribution is 4.89. The molecule has 0 radical (unpaired) electrons. The Kier molecular flexibility index (Phi) is 4.18. The molecule has 17 heavy (non-hydrogen) atoms. The highest BCUT2D eigenvalue weighted by Crippen LogP contribution is 2.19. The van der Waals surface area contributed by atoms with Crippen molar-refractivity contribution in [3.05, 3.63) is 18.2 Å². The van der Waals surface area contributed by atoms with Gasteiger partial charge in [0.1, 0.15) is 5.82 Å². The molecule has 0 amide bonds. The molecule has 0 saturated carbocycles. The molecule has 4 nitrogen and oxygen atoms in total. The van der Waals surface area contributed by atoms with Crippen molar-refractivity contribution in [3.63, 3.8) is 0 Å². The third kappa shape index (κ3) is 3.07. The molecule has 1 aliphatic heterocycles. The van der Waals surface area contributed by atoms with Gasteiger partial charge < -0.3 is 14.6 Å². The quantitative estimate of drug-likeness (QED) is 0.858. The van der Waals surface area contributed by atoms with E-state index in [1.807, 2.05) is 19.3 Å². The molecule has 1 aliphatic rings. The molecule has 1 aromatic rings. The summed E-state index contributed by atoms with van der Waals surface area (Å²) in [5.74, 6) is 1.53. The number of piperidine rings is 1. The maximum Gasteiger partial charge on any atom is 0.105 e. The number of likely N-dealkylation sites (tertiary alicyclic amines) is 1. The number of aliphatic hydroxyl groups is 1. The Labute approximate surface area is 103 Å². The van der Waals surface area contributed by atoms with Crippen molar-refractivity contribution in [1.82, 2.24) is 14.5 Å². The second-order valence-electron chi connectivity index (χ2n) is 4.99. The maximum absolute atomic E-state index is 9.84. The zero-order valence-electron chi connectivity index (χ0n) is 10.8. The van der Waals surface area contributed by atoms with Crippen LogP contribution in [0.5, 0.6) is 0 Å². The number of hydrogen-bond donors (Lipinski definition) is 1. The summed E-state index contributed by atoms with van der Waals surface area (Å²) in [6, 6.07) is 0. The topological polar surface area (TPSA) is 41.3 Å². The summed E-state index contributed by atoms with van der Waals surface area (Å²) in [6.45, 7) is 8.31. The van der Waals surface area contributed by atoms with Crippen molar-refractivity contribution in [2.75, 3.05) is 19.6 Å². The fourth-order valence-electron chi connectivity index (χ4n) is 2.59. The fraction of sp³-hybridized carbons (Fsp3) is 0.769. The Hall–Kier alpha value is -0.870. The normalized spacial score (nSPS) is 26.3. The zero-order chi connectivity index (χ0) is 12.3. The highest BCUT2D eigenvalue weighted by atomic mass is 16.3. The van der Waals surface area contributed by atoms with Crippen LogP contribution in [-0.4, -0.2) is 45.3 Å². The van der Waals surface area contributed by atoms with Crippen molar-refractivity contribution < 1.29 is 5.11 Å². The molecule has 0 bridgehead atoms. The lowest BCUT2D eigenvalue weighted by Crippen LogP contribution is -2.44. The first-order valence-corrected chi connectivity index (χ1v) is 6.59. The largest absolute Gasteiger partial charge is 0.393 e. The molecule has 1 aromatic heterocycles. The Bertz CT molecular complexity index is 350. The summed E-state index contributed by atoms with van der Waals surface area (Å²) in [4.78, 5) is 6.69. The van der Waals surface area contributed by atoms with Gasteiger partial charge in [-0.3, -0.25) is 0 Å². The summed E-state index contributed by atoms with van der Waals surface area (Å²) >= 11 is 0. The van der Waals surface area contributed by atoms with Gasteiger partial charge in [-0.15, -0.1) is 0 Å². The van der Waals surface area contributed by atoms with E-state index in [9.17, 15) is 5.11 Å². The lowest BCUT2D eigenvalue weighted by atomic mass is 9.92. The highest BCUT2D eigenvalue weighted by Gasteiger charge is 2.25. The van der Waals surface area contributed by atoms with Crippen LogP contribution in [0.2, 0.25) is 0 Å². The average molecular weight is 237 g/mol. The van der Waals surface area contributed by atoms with Gasteiger partial charge in [-0.25, -0.2) is 4.98 Å². The van der Waals surface area contributed by atoms with Crippen molar-refractivity contribution in [3.8, 4) is 0 Å². The van der Waals surface area contributed by atoms with Gasteiger partial charge in [0.05, 0.1) is 6.10 Å². The minimum absolute atomic E-state index is 0.0915. The molecular weight excluding hydrogens is 214 g/mol. The van der Waals surface area contributed by atoms with Gasteiger partial charge in [0.25, 0.3) is 0 Å². The minimum Gasteiger partial charge on any atom is -0.393 e. The molecule has 0 aliphatic carbocycles. The summed E-state index contributed by atoms with van der Waals surface area (Å²) in [6.07, 6.45) is 5.78. The lowest BCUT2D eigenvalue weighted by molar-refractivity contribution is 0.0240. The number of aryl methyl sites for hydroxylation is 1. The first-order valence-electron chi connectivity index (χ1n) is 6.59. The van der Waals surface area contributed by atoms with Gasteiger partial charge in [0, 0.05) is 38.6 Å². The Balaban J connectivity index is 1.82. The van der Waals surface area contributed by atoms with E-state index in [0.29, 0.717) is 5.92 Å². The van der Waals surface area contributed by atoms with Gasteiger partial charge in [-0.1, -0.05) is 6.92 Å². The van der Waals surface area contributed by atoms with Gasteiger partial charge in [-0.2, -0.15) is 0 Å². The van der Waals surface area contributed by atoms with Crippen LogP contribution in [0.25, 0.3) is 0 Å². The van der Waals surface area contributed by atoms with Crippen molar-refractivity contribution in [1.29, 1.82) is 0 Å². The number of hydrogen-bond acceptors (Lipinski definition) is 3. The van der Waals surface area contributed by atoms with E-state index in [2.05, 4.69) is 21.4 Å². The van der Waals surface area contributed by atoms with Crippen molar-refractivity contribution in [2.45, 2.75) is 39.3 Å². The second-order valence-corrected chi connectivity index (χ2v) is 4.99. The van der Waals surface area contributed by atoms with Crippen LogP contribution >= 0.6 is 0 Å². The van der Waals surface area contributed by atoms with Crippen LogP contribution in [0.3, 0.4) is 0 Å². The molecule has 2 atom stereocenters. The van der Waals surface area contributed by atoms with E-state index in [-0.39, 0.29) is 6.10 Å². The predicted octanol–water partition coefficient (Wildman–Crippen LogP) is 1.28. The van der Waals surface area contributed by atoms with Gasteiger partial charge in [0.15, 0.2) is 0 Å². The molecule has 1 N–H and O–H groups in total. The van der Waals surface area contributed by atoms with E-state index < -0.39 is 0 Å². The van der Waals surface area contributed by atoms with Crippen LogP contribution < -0.4 is 0 Å². The van der Waals surface area contributed by atoms with Crippen LogP contribution in [0.1, 0.15) is 25.6 Å². The minimum atomic E-state index is -0.0915. The summed E-state index contributed by atoms with van der Waals surface area (Å²) in [5, 5.41) is 9.84. The third-order valence-corrected chi connectivity index (χ3v) is 3.88. The SMILES string of the molecule is CCC1CN(CCn2ccnc2C)CCC1O. The van der Waals surface area contributed by atoms with E-state index in [1.165, 1.54) is 0 Å². The molecule has 1 fully saturated rings. The number of rotatable bonds is 4. The molecule has 0 spiro atoms. The van der Waals surface area contributed by atoms with E-state index in [4.69, 9.17) is 0 Å². The molecule has 0 aromatic carbocycles. The molecule has 2 unspecified atom stereocenters. The Morgan fingerprint density at radius 2 is 2.29 bits per heavy atom.